The van der Waals surface area contributed by atoms with Crippen molar-refractivity contribution in [3.8, 4) is 16.9 Å². The summed E-state index contributed by atoms with van der Waals surface area (Å²) in [6.45, 7) is 0.405. The topological polar surface area (TPSA) is 46.5 Å². The van der Waals surface area contributed by atoms with Crippen LogP contribution in [0.1, 0.15) is 15.9 Å². The van der Waals surface area contributed by atoms with Gasteiger partial charge in [0.05, 0.1) is 5.56 Å². The molecule has 0 radical (unpaired) electrons. The van der Waals surface area contributed by atoms with Crippen LogP contribution in [0.3, 0.4) is 0 Å². The highest BCUT2D eigenvalue weighted by atomic mass is 19.1. The summed E-state index contributed by atoms with van der Waals surface area (Å²) in [5.41, 5.74) is 1.88. The van der Waals surface area contributed by atoms with Gasteiger partial charge in [-0.2, -0.15) is 0 Å². The highest BCUT2D eigenvalue weighted by Crippen LogP contribution is 2.27. The molecule has 0 amide bonds. The molecule has 3 aromatic carbocycles. The van der Waals surface area contributed by atoms with Crippen LogP contribution in [0.2, 0.25) is 0 Å². The SMILES string of the molecule is O=C(O)c1ccc(F)c(-c2cccc(OCc3ccccc3)c2)c1. The van der Waals surface area contributed by atoms with Crippen LogP contribution >= 0.6 is 0 Å². The number of carboxylic acid groups (broad SMARTS) is 1. The quantitative estimate of drug-likeness (QED) is 0.736. The van der Waals surface area contributed by atoms with Crippen LogP contribution in [-0.2, 0) is 6.61 Å². The molecule has 120 valence electrons. The molecule has 0 aromatic heterocycles. The number of carboxylic acids is 1. The first-order chi connectivity index (χ1) is 11.6. The molecular formula is C20H15FO3. The number of halogens is 1. The maximum atomic E-state index is 14.1. The minimum absolute atomic E-state index is 0.0435. The fraction of sp³-hybridized carbons (Fsp3) is 0.0500. The number of hydrogen-bond donors (Lipinski definition) is 1. The zero-order chi connectivity index (χ0) is 16.9. The largest absolute Gasteiger partial charge is 0.489 e. The average Bonchev–Trinajstić information content (AvgIpc) is 2.61. The number of ether oxygens (including phenoxy) is 1. The molecule has 1 N–H and O–H groups in total. The summed E-state index contributed by atoms with van der Waals surface area (Å²) < 4.78 is 19.8. The van der Waals surface area contributed by atoms with Crippen LogP contribution in [0.25, 0.3) is 11.1 Å². The predicted molar refractivity (Wildman–Crippen MR) is 89.6 cm³/mol. The molecule has 0 fully saturated rings. The Labute approximate surface area is 139 Å². The summed E-state index contributed by atoms with van der Waals surface area (Å²) in [5, 5.41) is 9.06. The molecule has 0 aliphatic carbocycles. The van der Waals surface area contributed by atoms with Crippen LogP contribution in [0.5, 0.6) is 5.75 Å². The standard InChI is InChI=1S/C20H15FO3/c21-19-10-9-16(20(22)23)12-18(19)15-7-4-8-17(11-15)24-13-14-5-2-1-3-6-14/h1-12H,13H2,(H,22,23). The molecule has 3 aromatic rings. The first-order valence-corrected chi connectivity index (χ1v) is 7.43. The van der Waals surface area contributed by atoms with Crippen molar-refractivity contribution in [3.05, 3.63) is 89.7 Å². The van der Waals surface area contributed by atoms with E-state index in [2.05, 4.69) is 0 Å². The third-order valence-electron chi connectivity index (χ3n) is 3.61. The van der Waals surface area contributed by atoms with Gasteiger partial charge < -0.3 is 9.84 Å². The third kappa shape index (κ3) is 3.60. The van der Waals surface area contributed by atoms with E-state index in [1.165, 1.54) is 12.1 Å². The van der Waals surface area contributed by atoms with Gasteiger partial charge >= 0.3 is 5.97 Å². The third-order valence-corrected chi connectivity index (χ3v) is 3.61. The second-order valence-electron chi connectivity index (χ2n) is 5.30. The van der Waals surface area contributed by atoms with E-state index in [-0.39, 0.29) is 11.1 Å². The van der Waals surface area contributed by atoms with Crippen molar-refractivity contribution in [2.75, 3.05) is 0 Å². The van der Waals surface area contributed by atoms with E-state index in [0.717, 1.165) is 11.6 Å². The molecule has 0 bridgehead atoms. The van der Waals surface area contributed by atoms with Crippen molar-refractivity contribution in [2.24, 2.45) is 0 Å². The van der Waals surface area contributed by atoms with Crippen molar-refractivity contribution in [1.29, 1.82) is 0 Å². The number of benzene rings is 3. The lowest BCUT2D eigenvalue weighted by atomic mass is 10.0. The fourth-order valence-electron chi connectivity index (χ4n) is 2.37. The zero-order valence-electron chi connectivity index (χ0n) is 12.8. The maximum absolute atomic E-state index is 14.1. The van der Waals surface area contributed by atoms with E-state index in [9.17, 15) is 9.18 Å². The Bertz CT molecular complexity index is 860. The molecule has 24 heavy (non-hydrogen) atoms. The molecule has 4 heteroatoms. The van der Waals surface area contributed by atoms with Crippen LogP contribution in [0.15, 0.2) is 72.8 Å². The van der Waals surface area contributed by atoms with Crippen molar-refractivity contribution < 1.29 is 19.0 Å². The van der Waals surface area contributed by atoms with E-state index in [0.29, 0.717) is 17.9 Å². The fourth-order valence-corrected chi connectivity index (χ4v) is 2.37. The molecule has 0 spiro atoms. The second-order valence-corrected chi connectivity index (χ2v) is 5.30. The number of rotatable bonds is 5. The van der Waals surface area contributed by atoms with Gasteiger partial charge in [-0.25, -0.2) is 9.18 Å². The van der Waals surface area contributed by atoms with Crippen LogP contribution in [0, 0.1) is 5.82 Å². The molecule has 3 rings (SSSR count). The molecule has 3 nitrogen and oxygen atoms in total. The predicted octanol–water partition coefficient (Wildman–Crippen LogP) is 4.77. The Balaban J connectivity index is 1.85. The molecular weight excluding hydrogens is 307 g/mol. The van der Waals surface area contributed by atoms with Crippen LogP contribution < -0.4 is 4.74 Å². The van der Waals surface area contributed by atoms with Gasteiger partial charge in [-0.3, -0.25) is 0 Å². The van der Waals surface area contributed by atoms with Gasteiger partial charge in [0.2, 0.25) is 0 Å². The lowest BCUT2D eigenvalue weighted by molar-refractivity contribution is 0.0697. The van der Waals surface area contributed by atoms with Crippen molar-refractivity contribution >= 4 is 5.97 Å². The summed E-state index contributed by atoms with van der Waals surface area (Å²) in [6.07, 6.45) is 0. The van der Waals surface area contributed by atoms with E-state index in [4.69, 9.17) is 9.84 Å². The number of hydrogen-bond acceptors (Lipinski definition) is 2. The van der Waals surface area contributed by atoms with Crippen LogP contribution in [-0.4, -0.2) is 11.1 Å². The van der Waals surface area contributed by atoms with Gasteiger partial charge in [-0.05, 0) is 41.5 Å². The van der Waals surface area contributed by atoms with Gasteiger partial charge in [0, 0.05) is 5.56 Å². The first-order valence-electron chi connectivity index (χ1n) is 7.43. The normalized spacial score (nSPS) is 10.4. The van der Waals surface area contributed by atoms with E-state index >= 15 is 0 Å². The molecule has 0 saturated carbocycles. The molecule has 0 heterocycles. The Hall–Kier alpha value is -3.14. The minimum atomic E-state index is -1.09. The maximum Gasteiger partial charge on any atom is 0.335 e. The van der Waals surface area contributed by atoms with Gasteiger partial charge in [0.25, 0.3) is 0 Å². The Kier molecular flexibility index (Phi) is 4.57. The molecule has 0 unspecified atom stereocenters. The van der Waals surface area contributed by atoms with Crippen LogP contribution in [0.4, 0.5) is 4.39 Å². The lowest BCUT2D eigenvalue weighted by Crippen LogP contribution is -1.98. The Morgan fingerprint density at radius 2 is 1.75 bits per heavy atom. The van der Waals surface area contributed by atoms with Gasteiger partial charge in [0.1, 0.15) is 18.2 Å². The van der Waals surface area contributed by atoms with Crippen molar-refractivity contribution in [2.45, 2.75) is 6.61 Å². The summed E-state index contributed by atoms with van der Waals surface area (Å²) >= 11 is 0. The highest BCUT2D eigenvalue weighted by Gasteiger charge is 2.11. The highest BCUT2D eigenvalue weighted by molar-refractivity contribution is 5.89. The molecule has 0 saturated heterocycles. The van der Waals surface area contributed by atoms with Gasteiger partial charge in [-0.15, -0.1) is 0 Å². The minimum Gasteiger partial charge on any atom is -0.489 e. The average molecular weight is 322 g/mol. The second kappa shape index (κ2) is 6.96. The summed E-state index contributed by atoms with van der Waals surface area (Å²) in [6, 6.07) is 20.4. The Morgan fingerprint density at radius 1 is 0.958 bits per heavy atom. The first kappa shape index (κ1) is 15.7. The lowest BCUT2D eigenvalue weighted by Gasteiger charge is -2.09. The zero-order valence-corrected chi connectivity index (χ0v) is 12.8. The molecule has 0 aliphatic rings. The van der Waals surface area contributed by atoms with E-state index in [1.807, 2.05) is 30.3 Å². The van der Waals surface area contributed by atoms with E-state index < -0.39 is 11.8 Å². The van der Waals surface area contributed by atoms with Gasteiger partial charge in [-0.1, -0.05) is 42.5 Å². The van der Waals surface area contributed by atoms with E-state index in [1.54, 1.807) is 24.3 Å². The number of carbonyl (C=O) groups is 1. The molecule has 0 atom stereocenters. The van der Waals surface area contributed by atoms with Gasteiger partial charge in [0.15, 0.2) is 0 Å². The summed E-state index contributed by atoms with van der Waals surface area (Å²) in [7, 11) is 0. The summed E-state index contributed by atoms with van der Waals surface area (Å²) in [5.74, 6) is -0.968. The van der Waals surface area contributed by atoms with Crippen molar-refractivity contribution in [3.63, 3.8) is 0 Å². The molecule has 0 aliphatic heterocycles. The van der Waals surface area contributed by atoms with Crippen molar-refractivity contribution in [1.82, 2.24) is 0 Å². The monoisotopic (exact) mass is 322 g/mol. The smallest absolute Gasteiger partial charge is 0.335 e. The Morgan fingerprint density at radius 3 is 2.50 bits per heavy atom. The number of aromatic carboxylic acids is 1. The summed E-state index contributed by atoms with van der Waals surface area (Å²) in [4.78, 5) is 11.1.